The summed E-state index contributed by atoms with van der Waals surface area (Å²) in [6.45, 7) is 3.88. The molecule has 1 saturated heterocycles. The van der Waals surface area contributed by atoms with Crippen LogP contribution in [0.2, 0.25) is 0 Å². The lowest BCUT2D eigenvalue weighted by molar-refractivity contribution is -0.118. The van der Waals surface area contributed by atoms with Gasteiger partial charge in [-0.1, -0.05) is 0 Å². The minimum absolute atomic E-state index is 0.0420. The maximum atomic E-state index is 12.2. The third-order valence-electron chi connectivity index (χ3n) is 3.03. The van der Waals surface area contributed by atoms with Crippen molar-refractivity contribution < 1.29 is 4.79 Å². The molecule has 17 heavy (non-hydrogen) atoms. The Hall–Kier alpha value is -1.23. The van der Waals surface area contributed by atoms with E-state index in [2.05, 4.69) is 10.3 Å². The average molecular weight is 251 g/mol. The summed E-state index contributed by atoms with van der Waals surface area (Å²) in [6.07, 6.45) is 3.59. The molecule has 1 atom stereocenters. The van der Waals surface area contributed by atoms with Gasteiger partial charge in [-0.05, 0) is 44.1 Å². The Bertz CT molecular complexity index is 441. The number of aromatic nitrogens is 1. The lowest BCUT2D eigenvalue weighted by atomic mass is 10.0. The van der Waals surface area contributed by atoms with Gasteiger partial charge in [0.05, 0.1) is 16.6 Å². The quantitative estimate of drug-likeness (QED) is 0.845. The molecule has 4 nitrogen and oxygen atoms in total. The maximum Gasteiger partial charge on any atom is 0.241 e. The Morgan fingerprint density at radius 2 is 2.41 bits per heavy atom. The molecule has 1 fully saturated rings. The summed E-state index contributed by atoms with van der Waals surface area (Å²) in [6, 6.07) is 1.81. The molecule has 5 heteroatoms. The second-order valence-corrected chi connectivity index (χ2v) is 6.17. The standard InChI is InChI=1S/C12H17N3OS/c1-8-6-9(13)7-14-10(8)15-11(16)12(2)4-3-5-17-12/h6-7H,3-5,13H2,1-2H3,(H,14,15,16). The normalized spacial score (nSPS) is 23.6. The van der Waals surface area contributed by atoms with Gasteiger partial charge in [0.25, 0.3) is 0 Å². The Morgan fingerprint density at radius 1 is 1.65 bits per heavy atom. The van der Waals surface area contributed by atoms with Crippen LogP contribution in [0.5, 0.6) is 0 Å². The lowest BCUT2D eigenvalue weighted by Crippen LogP contribution is -2.35. The molecule has 1 amide bonds. The molecule has 0 aliphatic carbocycles. The Kier molecular flexibility index (Phi) is 3.28. The lowest BCUT2D eigenvalue weighted by Gasteiger charge is -2.21. The van der Waals surface area contributed by atoms with Crippen molar-refractivity contribution >= 4 is 29.2 Å². The molecule has 1 aromatic heterocycles. The first kappa shape index (κ1) is 12.2. The summed E-state index contributed by atoms with van der Waals surface area (Å²) in [4.78, 5) is 16.3. The van der Waals surface area contributed by atoms with Crippen molar-refractivity contribution in [2.75, 3.05) is 16.8 Å². The summed E-state index contributed by atoms with van der Waals surface area (Å²) >= 11 is 1.72. The van der Waals surface area contributed by atoms with Gasteiger partial charge >= 0.3 is 0 Å². The predicted octanol–water partition coefficient (Wildman–Crippen LogP) is 2.20. The number of amides is 1. The van der Waals surface area contributed by atoms with Crippen LogP contribution in [0.25, 0.3) is 0 Å². The van der Waals surface area contributed by atoms with E-state index >= 15 is 0 Å². The summed E-state index contributed by atoms with van der Waals surface area (Å²) in [5, 5.41) is 2.89. The van der Waals surface area contributed by atoms with E-state index in [1.165, 1.54) is 0 Å². The Morgan fingerprint density at radius 3 is 3.00 bits per heavy atom. The van der Waals surface area contributed by atoms with Crippen LogP contribution in [0.3, 0.4) is 0 Å². The van der Waals surface area contributed by atoms with Crippen LogP contribution < -0.4 is 11.1 Å². The fourth-order valence-electron chi connectivity index (χ4n) is 1.93. The zero-order valence-electron chi connectivity index (χ0n) is 10.1. The molecule has 0 saturated carbocycles. The van der Waals surface area contributed by atoms with Crippen molar-refractivity contribution in [1.29, 1.82) is 0 Å². The van der Waals surface area contributed by atoms with Gasteiger partial charge in [0, 0.05) is 0 Å². The van der Waals surface area contributed by atoms with Gasteiger partial charge in [-0.3, -0.25) is 4.79 Å². The van der Waals surface area contributed by atoms with Crippen LogP contribution in [0.4, 0.5) is 11.5 Å². The summed E-state index contributed by atoms with van der Waals surface area (Å²) in [5.41, 5.74) is 7.13. The number of rotatable bonds is 2. The molecule has 2 heterocycles. The van der Waals surface area contributed by atoms with Crippen LogP contribution in [0, 0.1) is 6.92 Å². The third kappa shape index (κ3) is 2.54. The molecule has 1 aliphatic rings. The average Bonchev–Trinajstić information content (AvgIpc) is 2.71. The summed E-state index contributed by atoms with van der Waals surface area (Å²) < 4.78 is -0.310. The van der Waals surface area contributed by atoms with E-state index in [4.69, 9.17) is 5.73 Å². The van der Waals surface area contributed by atoms with E-state index in [1.54, 1.807) is 18.0 Å². The number of hydrogen-bond acceptors (Lipinski definition) is 4. The van der Waals surface area contributed by atoms with Crippen molar-refractivity contribution in [3.8, 4) is 0 Å². The number of thioether (sulfide) groups is 1. The molecule has 92 valence electrons. The first-order valence-electron chi connectivity index (χ1n) is 5.69. The van der Waals surface area contributed by atoms with Gasteiger partial charge in [0.2, 0.25) is 5.91 Å². The molecule has 1 unspecified atom stereocenters. The van der Waals surface area contributed by atoms with Crippen LogP contribution in [-0.4, -0.2) is 21.4 Å². The Labute approximate surface area is 105 Å². The van der Waals surface area contributed by atoms with Crippen molar-refractivity contribution in [1.82, 2.24) is 4.98 Å². The van der Waals surface area contributed by atoms with Crippen molar-refractivity contribution in [2.45, 2.75) is 31.4 Å². The molecular weight excluding hydrogens is 234 g/mol. The number of nitrogens with two attached hydrogens (primary N) is 1. The van der Waals surface area contributed by atoms with Crippen molar-refractivity contribution in [3.05, 3.63) is 17.8 Å². The fourth-order valence-corrected chi connectivity index (χ4v) is 3.14. The number of hydrogen-bond donors (Lipinski definition) is 2. The highest BCUT2D eigenvalue weighted by molar-refractivity contribution is 8.01. The van der Waals surface area contributed by atoms with Crippen LogP contribution in [-0.2, 0) is 4.79 Å². The van der Waals surface area contributed by atoms with E-state index in [-0.39, 0.29) is 10.7 Å². The first-order chi connectivity index (χ1) is 8.01. The highest BCUT2D eigenvalue weighted by atomic mass is 32.2. The maximum absolute atomic E-state index is 12.2. The second kappa shape index (κ2) is 4.56. The van der Waals surface area contributed by atoms with Gasteiger partial charge in [-0.25, -0.2) is 4.98 Å². The summed E-state index contributed by atoms with van der Waals surface area (Å²) in [5.74, 6) is 1.70. The number of nitrogens with one attached hydrogen (secondary N) is 1. The molecule has 0 spiro atoms. The minimum atomic E-state index is -0.310. The van der Waals surface area contributed by atoms with Gasteiger partial charge in [-0.15, -0.1) is 11.8 Å². The SMILES string of the molecule is Cc1cc(N)cnc1NC(=O)C1(C)CCCS1. The van der Waals surface area contributed by atoms with E-state index in [0.717, 1.165) is 24.2 Å². The molecule has 2 rings (SSSR count). The predicted molar refractivity (Wildman–Crippen MR) is 72.1 cm³/mol. The molecular formula is C12H17N3OS. The zero-order valence-corrected chi connectivity index (χ0v) is 10.9. The van der Waals surface area contributed by atoms with Gasteiger partial charge in [0.15, 0.2) is 0 Å². The number of anilines is 2. The van der Waals surface area contributed by atoms with Crippen LogP contribution in [0.1, 0.15) is 25.3 Å². The van der Waals surface area contributed by atoms with Crippen molar-refractivity contribution in [2.24, 2.45) is 0 Å². The smallest absolute Gasteiger partial charge is 0.241 e. The van der Waals surface area contributed by atoms with E-state index in [9.17, 15) is 4.79 Å². The van der Waals surface area contributed by atoms with Crippen LogP contribution >= 0.6 is 11.8 Å². The molecule has 0 radical (unpaired) electrons. The molecule has 0 aromatic carbocycles. The number of carbonyl (C=O) groups is 1. The summed E-state index contributed by atoms with van der Waals surface area (Å²) in [7, 11) is 0. The monoisotopic (exact) mass is 251 g/mol. The van der Waals surface area contributed by atoms with E-state index in [1.807, 2.05) is 19.9 Å². The second-order valence-electron chi connectivity index (χ2n) is 4.57. The topological polar surface area (TPSA) is 68.0 Å². The largest absolute Gasteiger partial charge is 0.397 e. The number of pyridine rings is 1. The van der Waals surface area contributed by atoms with Gasteiger partial charge in [-0.2, -0.15) is 0 Å². The highest BCUT2D eigenvalue weighted by Gasteiger charge is 2.37. The zero-order chi connectivity index (χ0) is 12.5. The number of nitrogen functional groups attached to an aromatic ring is 1. The van der Waals surface area contributed by atoms with Crippen molar-refractivity contribution in [3.63, 3.8) is 0 Å². The van der Waals surface area contributed by atoms with Gasteiger partial charge < -0.3 is 11.1 Å². The molecule has 0 bridgehead atoms. The highest BCUT2D eigenvalue weighted by Crippen LogP contribution is 2.38. The number of carbonyl (C=O) groups excluding carboxylic acids is 1. The van der Waals surface area contributed by atoms with E-state index in [0.29, 0.717) is 11.5 Å². The van der Waals surface area contributed by atoms with E-state index < -0.39 is 0 Å². The third-order valence-corrected chi connectivity index (χ3v) is 4.55. The number of aryl methyl sites for hydroxylation is 1. The molecule has 3 N–H and O–H groups in total. The number of nitrogens with zero attached hydrogens (tertiary/aromatic N) is 1. The molecule has 1 aliphatic heterocycles. The first-order valence-corrected chi connectivity index (χ1v) is 6.67. The van der Waals surface area contributed by atoms with Crippen LogP contribution in [0.15, 0.2) is 12.3 Å². The van der Waals surface area contributed by atoms with Gasteiger partial charge in [0.1, 0.15) is 5.82 Å². The molecule has 1 aromatic rings. The Balaban J connectivity index is 2.13. The fraction of sp³-hybridized carbons (Fsp3) is 0.500. The minimum Gasteiger partial charge on any atom is -0.397 e.